The number of aromatic nitrogens is 1. The molecule has 0 bridgehead atoms. The van der Waals surface area contributed by atoms with Gasteiger partial charge in [-0.25, -0.2) is 0 Å². The van der Waals surface area contributed by atoms with E-state index in [0.29, 0.717) is 12.2 Å². The standard InChI is InChI=1S/C14H17N3O/c1-9-5-10(18-4)6-12-14(9)11(8-16-2)13(7-15)17(12)3/h5-6,16H,8H2,1-4H3. The molecule has 4 heteroatoms. The average molecular weight is 243 g/mol. The van der Waals surface area contributed by atoms with Gasteiger partial charge in [0.05, 0.1) is 12.6 Å². The van der Waals surface area contributed by atoms with E-state index in [1.165, 1.54) is 0 Å². The van der Waals surface area contributed by atoms with Gasteiger partial charge in [-0.15, -0.1) is 0 Å². The molecule has 0 aliphatic heterocycles. The van der Waals surface area contributed by atoms with Gasteiger partial charge in [-0.3, -0.25) is 0 Å². The molecule has 4 nitrogen and oxygen atoms in total. The van der Waals surface area contributed by atoms with Crippen LogP contribution in [0.1, 0.15) is 16.8 Å². The highest BCUT2D eigenvalue weighted by molar-refractivity contribution is 5.90. The molecule has 0 atom stereocenters. The van der Waals surface area contributed by atoms with Crippen LogP contribution in [0.2, 0.25) is 0 Å². The summed E-state index contributed by atoms with van der Waals surface area (Å²) in [5.74, 6) is 0.820. The van der Waals surface area contributed by atoms with Crippen LogP contribution in [0, 0.1) is 18.3 Å². The van der Waals surface area contributed by atoms with Gasteiger partial charge >= 0.3 is 0 Å². The lowest BCUT2D eigenvalue weighted by Crippen LogP contribution is -2.07. The van der Waals surface area contributed by atoms with E-state index in [0.717, 1.165) is 27.8 Å². The number of methoxy groups -OCH3 is 1. The molecule has 0 saturated heterocycles. The van der Waals surface area contributed by atoms with Crippen LogP contribution in [-0.2, 0) is 13.6 Å². The van der Waals surface area contributed by atoms with Crippen molar-refractivity contribution in [1.29, 1.82) is 5.26 Å². The summed E-state index contributed by atoms with van der Waals surface area (Å²) in [5, 5.41) is 13.6. The summed E-state index contributed by atoms with van der Waals surface area (Å²) < 4.78 is 7.22. The van der Waals surface area contributed by atoms with Gasteiger partial charge < -0.3 is 14.6 Å². The highest BCUT2D eigenvalue weighted by atomic mass is 16.5. The van der Waals surface area contributed by atoms with E-state index < -0.39 is 0 Å². The smallest absolute Gasteiger partial charge is 0.125 e. The van der Waals surface area contributed by atoms with Gasteiger partial charge in [0.25, 0.3) is 0 Å². The molecule has 0 amide bonds. The zero-order valence-electron chi connectivity index (χ0n) is 11.2. The molecule has 0 saturated carbocycles. The maximum absolute atomic E-state index is 9.31. The normalized spacial score (nSPS) is 10.6. The van der Waals surface area contributed by atoms with Gasteiger partial charge in [0.2, 0.25) is 0 Å². The Hall–Kier alpha value is -1.99. The second kappa shape index (κ2) is 4.71. The molecule has 2 aromatic rings. The first-order valence-electron chi connectivity index (χ1n) is 5.84. The molecule has 0 unspecified atom stereocenters. The Balaban J connectivity index is 2.86. The van der Waals surface area contributed by atoms with Crippen LogP contribution in [-0.4, -0.2) is 18.7 Å². The highest BCUT2D eigenvalue weighted by Crippen LogP contribution is 2.31. The van der Waals surface area contributed by atoms with Crippen LogP contribution in [0.25, 0.3) is 10.9 Å². The van der Waals surface area contributed by atoms with E-state index in [1.807, 2.05) is 37.7 Å². The monoisotopic (exact) mass is 243 g/mol. The quantitative estimate of drug-likeness (QED) is 0.898. The summed E-state index contributed by atoms with van der Waals surface area (Å²) in [6.45, 7) is 2.73. The third-order valence-electron chi connectivity index (χ3n) is 3.27. The minimum atomic E-state index is 0.688. The van der Waals surface area contributed by atoms with Gasteiger partial charge in [0.1, 0.15) is 17.5 Å². The van der Waals surface area contributed by atoms with Crippen molar-refractivity contribution < 1.29 is 4.74 Å². The summed E-state index contributed by atoms with van der Waals surface area (Å²) >= 11 is 0. The number of fused-ring (bicyclic) bond motifs is 1. The first kappa shape index (κ1) is 12.5. The lowest BCUT2D eigenvalue weighted by Gasteiger charge is -2.05. The topological polar surface area (TPSA) is 50.0 Å². The second-order valence-electron chi connectivity index (χ2n) is 4.37. The van der Waals surface area contributed by atoms with Crippen molar-refractivity contribution in [3.8, 4) is 11.8 Å². The van der Waals surface area contributed by atoms with Gasteiger partial charge in [-0.2, -0.15) is 5.26 Å². The minimum absolute atomic E-state index is 0.688. The fraction of sp³-hybridized carbons (Fsp3) is 0.357. The number of aryl methyl sites for hydroxylation is 2. The van der Waals surface area contributed by atoms with E-state index in [9.17, 15) is 5.26 Å². The Labute approximate surface area is 107 Å². The van der Waals surface area contributed by atoms with Crippen molar-refractivity contribution in [3.63, 3.8) is 0 Å². The predicted octanol–water partition coefficient (Wildman–Crippen LogP) is 2.09. The van der Waals surface area contributed by atoms with Crippen LogP contribution < -0.4 is 10.1 Å². The molecular formula is C14H17N3O. The molecule has 2 rings (SSSR count). The molecule has 94 valence electrons. The summed E-state index contributed by atoms with van der Waals surface area (Å²) in [7, 11) is 5.46. The number of nitriles is 1. The number of nitrogens with one attached hydrogen (secondary N) is 1. The Kier molecular flexibility index (Phi) is 3.26. The summed E-state index contributed by atoms with van der Waals surface area (Å²) in [5.41, 5.74) is 3.92. The molecule has 0 radical (unpaired) electrons. The number of rotatable bonds is 3. The van der Waals surface area contributed by atoms with E-state index in [-0.39, 0.29) is 0 Å². The summed E-state index contributed by atoms with van der Waals surface area (Å²) in [6.07, 6.45) is 0. The van der Waals surface area contributed by atoms with Crippen molar-refractivity contribution in [2.75, 3.05) is 14.2 Å². The molecule has 0 fully saturated rings. The highest BCUT2D eigenvalue weighted by Gasteiger charge is 2.16. The molecule has 0 spiro atoms. The largest absolute Gasteiger partial charge is 0.497 e. The van der Waals surface area contributed by atoms with Crippen molar-refractivity contribution in [1.82, 2.24) is 9.88 Å². The van der Waals surface area contributed by atoms with Crippen molar-refractivity contribution in [3.05, 3.63) is 29.0 Å². The fourth-order valence-electron chi connectivity index (χ4n) is 2.44. The first-order valence-corrected chi connectivity index (χ1v) is 5.84. The van der Waals surface area contributed by atoms with E-state index in [4.69, 9.17) is 4.74 Å². The predicted molar refractivity (Wildman–Crippen MR) is 71.7 cm³/mol. The van der Waals surface area contributed by atoms with Crippen LogP contribution >= 0.6 is 0 Å². The number of benzene rings is 1. The summed E-state index contributed by atoms with van der Waals surface area (Å²) in [6, 6.07) is 6.26. The zero-order chi connectivity index (χ0) is 13.3. The Morgan fingerprint density at radius 1 is 1.44 bits per heavy atom. The zero-order valence-corrected chi connectivity index (χ0v) is 11.2. The molecule has 0 aliphatic carbocycles. The number of hydrogen-bond acceptors (Lipinski definition) is 3. The molecule has 1 aromatic heterocycles. The lowest BCUT2D eigenvalue weighted by molar-refractivity contribution is 0.415. The van der Waals surface area contributed by atoms with Crippen LogP contribution in [0.4, 0.5) is 0 Å². The van der Waals surface area contributed by atoms with E-state index >= 15 is 0 Å². The van der Waals surface area contributed by atoms with Crippen LogP contribution in [0.5, 0.6) is 5.75 Å². The Morgan fingerprint density at radius 3 is 2.72 bits per heavy atom. The van der Waals surface area contributed by atoms with Crippen LogP contribution in [0.15, 0.2) is 12.1 Å². The maximum atomic E-state index is 9.31. The lowest BCUT2D eigenvalue weighted by atomic mass is 10.1. The fourth-order valence-corrected chi connectivity index (χ4v) is 2.44. The van der Waals surface area contributed by atoms with Gasteiger partial charge in [-0.05, 0) is 25.6 Å². The van der Waals surface area contributed by atoms with Crippen LogP contribution in [0.3, 0.4) is 0 Å². The average Bonchev–Trinajstić information content (AvgIpc) is 2.63. The summed E-state index contributed by atoms with van der Waals surface area (Å²) in [4.78, 5) is 0. The molecule has 1 aromatic carbocycles. The molecular weight excluding hydrogens is 226 g/mol. The molecule has 0 aliphatic rings. The minimum Gasteiger partial charge on any atom is -0.497 e. The Morgan fingerprint density at radius 2 is 2.17 bits per heavy atom. The second-order valence-corrected chi connectivity index (χ2v) is 4.37. The van der Waals surface area contributed by atoms with Gasteiger partial charge in [0.15, 0.2) is 0 Å². The number of nitrogens with zero attached hydrogens (tertiary/aromatic N) is 2. The van der Waals surface area contributed by atoms with Gasteiger partial charge in [0, 0.05) is 30.6 Å². The van der Waals surface area contributed by atoms with E-state index in [1.54, 1.807) is 7.11 Å². The van der Waals surface area contributed by atoms with Crippen molar-refractivity contribution in [2.45, 2.75) is 13.5 Å². The number of hydrogen-bond donors (Lipinski definition) is 1. The maximum Gasteiger partial charge on any atom is 0.125 e. The first-order chi connectivity index (χ1) is 8.63. The third-order valence-corrected chi connectivity index (χ3v) is 3.27. The molecule has 1 heterocycles. The van der Waals surface area contributed by atoms with E-state index in [2.05, 4.69) is 11.4 Å². The third kappa shape index (κ3) is 1.73. The SMILES string of the molecule is CNCc1c(C#N)n(C)c2cc(OC)cc(C)c12. The molecule has 18 heavy (non-hydrogen) atoms. The number of ether oxygens (including phenoxy) is 1. The van der Waals surface area contributed by atoms with Crippen molar-refractivity contribution >= 4 is 10.9 Å². The van der Waals surface area contributed by atoms with Crippen molar-refractivity contribution in [2.24, 2.45) is 7.05 Å². The Bertz CT molecular complexity index is 635. The molecule has 1 N–H and O–H groups in total. The van der Waals surface area contributed by atoms with Gasteiger partial charge in [-0.1, -0.05) is 0 Å².